The number of piperidine rings is 1. The average Bonchev–Trinajstić information content (AvgIpc) is 2.90. The Morgan fingerprint density at radius 1 is 1.09 bits per heavy atom. The van der Waals surface area contributed by atoms with Gasteiger partial charge in [-0.2, -0.15) is 0 Å². The van der Waals surface area contributed by atoms with Gasteiger partial charge in [0.1, 0.15) is 19.8 Å². The lowest BCUT2D eigenvalue weighted by molar-refractivity contribution is -0.119. The van der Waals surface area contributed by atoms with Gasteiger partial charge in [0.25, 0.3) is 10.0 Å². The van der Waals surface area contributed by atoms with Crippen molar-refractivity contribution in [2.45, 2.75) is 50.0 Å². The quantitative estimate of drug-likeness (QED) is 0.502. The molecule has 2 aromatic carbocycles. The van der Waals surface area contributed by atoms with Crippen molar-refractivity contribution < 1.29 is 22.7 Å². The zero-order chi connectivity index (χ0) is 24.7. The summed E-state index contributed by atoms with van der Waals surface area (Å²) in [5.74, 6) is 0.684. The molecule has 1 N–H and O–H groups in total. The largest absolute Gasteiger partial charge is 0.486 e. The molecular formula is C26H35N3O5S. The number of likely N-dealkylation sites (tertiary alicyclic amines) is 1. The molecule has 2 aliphatic heterocycles. The van der Waals surface area contributed by atoms with Crippen LogP contribution in [0.5, 0.6) is 11.5 Å². The molecule has 1 unspecified atom stereocenters. The van der Waals surface area contributed by atoms with Crippen molar-refractivity contribution in [1.29, 1.82) is 0 Å². The number of carbonyl (C=O) groups is 1. The molecule has 0 aromatic heterocycles. The first-order valence-corrected chi connectivity index (χ1v) is 13.9. The molecule has 2 aliphatic rings. The van der Waals surface area contributed by atoms with E-state index in [0.29, 0.717) is 43.0 Å². The van der Waals surface area contributed by atoms with E-state index in [-0.39, 0.29) is 17.3 Å². The van der Waals surface area contributed by atoms with Crippen molar-refractivity contribution in [3.8, 4) is 11.5 Å². The maximum Gasteiger partial charge on any atom is 0.264 e. The Bertz CT molecular complexity index is 1090. The molecule has 35 heavy (non-hydrogen) atoms. The summed E-state index contributed by atoms with van der Waals surface area (Å²) < 4.78 is 39.4. The molecule has 1 fully saturated rings. The van der Waals surface area contributed by atoms with Crippen LogP contribution in [0.4, 0.5) is 5.69 Å². The molecule has 0 spiro atoms. The number of rotatable bonds is 10. The van der Waals surface area contributed by atoms with Crippen molar-refractivity contribution in [2.75, 3.05) is 43.7 Å². The van der Waals surface area contributed by atoms with Gasteiger partial charge >= 0.3 is 0 Å². The molecule has 190 valence electrons. The van der Waals surface area contributed by atoms with Crippen molar-refractivity contribution in [3.05, 3.63) is 48.5 Å². The van der Waals surface area contributed by atoms with E-state index in [1.807, 2.05) is 0 Å². The number of ether oxygens (including phenoxy) is 2. The zero-order valence-electron chi connectivity index (χ0n) is 20.3. The number of hydrogen-bond acceptors (Lipinski definition) is 6. The first kappa shape index (κ1) is 25.3. The Labute approximate surface area is 208 Å². The standard InChI is InChI=1S/C26H35N3O5S/c1-2-21-9-6-7-15-28(21)16-8-14-27-26(30)20-29(35(31,32)23-10-4-3-5-11-23)22-12-13-24-25(19-22)34-18-17-33-24/h3-5,10-13,19,21H,2,6-9,14-18,20H2,1H3,(H,27,30). The van der Waals surface area contributed by atoms with Crippen molar-refractivity contribution in [1.82, 2.24) is 10.2 Å². The van der Waals surface area contributed by atoms with Gasteiger partial charge in [-0.1, -0.05) is 31.5 Å². The van der Waals surface area contributed by atoms with Crippen LogP contribution in [-0.4, -0.2) is 64.7 Å². The summed E-state index contributed by atoms with van der Waals surface area (Å²) >= 11 is 0. The fraction of sp³-hybridized carbons (Fsp3) is 0.500. The van der Waals surface area contributed by atoms with Crippen LogP contribution in [0.3, 0.4) is 0 Å². The summed E-state index contributed by atoms with van der Waals surface area (Å²) in [6.07, 6.45) is 5.73. The van der Waals surface area contributed by atoms with E-state index in [0.717, 1.165) is 30.2 Å². The van der Waals surface area contributed by atoms with Crippen LogP contribution in [0.2, 0.25) is 0 Å². The minimum absolute atomic E-state index is 0.124. The van der Waals surface area contributed by atoms with Gasteiger partial charge < -0.3 is 19.7 Å². The average molecular weight is 502 g/mol. The molecule has 8 nitrogen and oxygen atoms in total. The Kier molecular flexibility index (Phi) is 8.51. The number of sulfonamides is 1. The molecular weight excluding hydrogens is 466 g/mol. The van der Waals surface area contributed by atoms with E-state index < -0.39 is 10.0 Å². The Morgan fingerprint density at radius 3 is 2.63 bits per heavy atom. The zero-order valence-corrected chi connectivity index (χ0v) is 21.1. The van der Waals surface area contributed by atoms with Crippen LogP contribution < -0.4 is 19.1 Å². The number of nitrogens with zero attached hydrogens (tertiary/aromatic N) is 2. The summed E-state index contributed by atoms with van der Waals surface area (Å²) in [5, 5.41) is 2.91. The second-order valence-electron chi connectivity index (χ2n) is 8.95. The summed E-state index contributed by atoms with van der Waals surface area (Å²) in [6, 6.07) is 13.7. The van der Waals surface area contributed by atoms with Gasteiger partial charge in [0.15, 0.2) is 11.5 Å². The fourth-order valence-electron chi connectivity index (χ4n) is 4.73. The second-order valence-corrected chi connectivity index (χ2v) is 10.8. The summed E-state index contributed by atoms with van der Waals surface area (Å²) in [5.41, 5.74) is 0.354. The van der Waals surface area contributed by atoms with Gasteiger partial charge in [-0.15, -0.1) is 0 Å². The minimum atomic E-state index is -3.97. The monoisotopic (exact) mass is 501 g/mol. The minimum Gasteiger partial charge on any atom is -0.486 e. The van der Waals surface area contributed by atoms with Gasteiger partial charge in [0.2, 0.25) is 5.91 Å². The molecule has 2 aromatic rings. The van der Waals surface area contributed by atoms with Gasteiger partial charge in [0, 0.05) is 25.2 Å². The summed E-state index contributed by atoms with van der Waals surface area (Å²) in [4.78, 5) is 15.5. The third-order valence-corrected chi connectivity index (χ3v) is 8.38. The highest BCUT2D eigenvalue weighted by Gasteiger charge is 2.28. The van der Waals surface area contributed by atoms with Crippen LogP contribution in [0.15, 0.2) is 53.4 Å². The van der Waals surface area contributed by atoms with E-state index in [2.05, 4.69) is 17.1 Å². The molecule has 1 saturated heterocycles. The number of amides is 1. The van der Waals surface area contributed by atoms with Gasteiger partial charge in [-0.05, 0) is 56.5 Å². The van der Waals surface area contributed by atoms with Crippen LogP contribution in [0.1, 0.15) is 39.0 Å². The highest BCUT2D eigenvalue weighted by molar-refractivity contribution is 7.92. The molecule has 4 rings (SSSR count). The van der Waals surface area contributed by atoms with E-state index >= 15 is 0 Å². The second kappa shape index (κ2) is 11.8. The van der Waals surface area contributed by atoms with E-state index in [4.69, 9.17) is 9.47 Å². The Morgan fingerprint density at radius 2 is 1.86 bits per heavy atom. The molecule has 0 radical (unpaired) electrons. The summed E-state index contributed by atoms with van der Waals surface area (Å²) in [7, 11) is -3.97. The SMILES string of the molecule is CCC1CCCCN1CCCNC(=O)CN(c1ccc2c(c1)OCCO2)S(=O)(=O)c1ccccc1. The van der Waals surface area contributed by atoms with Crippen molar-refractivity contribution in [3.63, 3.8) is 0 Å². The smallest absolute Gasteiger partial charge is 0.264 e. The van der Waals surface area contributed by atoms with E-state index in [1.165, 1.54) is 31.4 Å². The van der Waals surface area contributed by atoms with Crippen LogP contribution in [-0.2, 0) is 14.8 Å². The normalized spacial score (nSPS) is 18.1. The first-order valence-electron chi connectivity index (χ1n) is 12.5. The number of benzene rings is 2. The molecule has 9 heteroatoms. The number of hydrogen-bond donors (Lipinski definition) is 1. The summed E-state index contributed by atoms with van der Waals surface area (Å²) in [6.45, 7) is 5.29. The highest BCUT2D eigenvalue weighted by atomic mass is 32.2. The lowest BCUT2D eigenvalue weighted by Crippen LogP contribution is -2.43. The number of carbonyl (C=O) groups excluding carboxylic acids is 1. The predicted molar refractivity (Wildman–Crippen MR) is 136 cm³/mol. The maximum absolute atomic E-state index is 13.5. The Balaban J connectivity index is 1.44. The Hall–Kier alpha value is -2.78. The fourth-order valence-corrected chi connectivity index (χ4v) is 6.17. The molecule has 0 bridgehead atoms. The topological polar surface area (TPSA) is 88.2 Å². The van der Waals surface area contributed by atoms with Crippen molar-refractivity contribution in [2.24, 2.45) is 0 Å². The van der Waals surface area contributed by atoms with E-state index in [9.17, 15) is 13.2 Å². The van der Waals surface area contributed by atoms with Crippen LogP contribution >= 0.6 is 0 Å². The lowest BCUT2D eigenvalue weighted by Gasteiger charge is -2.35. The molecule has 1 amide bonds. The van der Waals surface area contributed by atoms with Crippen LogP contribution in [0, 0.1) is 0 Å². The molecule has 0 aliphatic carbocycles. The van der Waals surface area contributed by atoms with Gasteiger partial charge in [-0.3, -0.25) is 9.10 Å². The third kappa shape index (κ3) is 6.27. The predicted octanol–water partition coefficient (Wildman–Crippen LogP) is 3.42. The van der Waals surface area contributed by atoms with Crippen molar-refractivity contribution >= 4 is 21.6 Å². The van der Waals surface area contributed by atoms with Gasteiger partial charge in [-0.25, -0.2) is 8.42 Å². The van der Waals surface area contributed by atoms with E-state index in [1.54, 1.807) is 36.4 Å². The first-order chi connectivity index (χ1) is 17.0. The number of anilines is 1. The maximum atomic E-state index is 13.5. The molecule has 1 atom stereocenters. The molecule has 2 heterocycles. The number of fused-ring (bicyclic) bond motifs is 1. The van der Waals surface area contributed by atoms with Gasteiger partial charge in [0.05, 0.1) is 10.6 Å². The van der Waals surface area contributed by atoms with Crippen LogP contribution in [0.25, 0.3) is 0 Å². The number of nitrogens with one attached hydrogen (secondary N) is 1. The highest BCUT2D eigenvalue weighted by Crippen LogP contribution is 2.35. The molecule has 0 saturated carbocycles. The third-order valence-electron chi connectivity index (χ3n) is 6.60. The lowest BCUT2D eigenvalue weighted by atomic mass is 10.00.